The summed E-state index contributed by atoms with van der Waals surface area (Å²) in [5.74, 6) is 0. The van der Waals surface area contributed by atoms with Crippen LogP contribution in [0.2, 0.25) is 0 Å². The van der Waals surface area contributed by atoms with Gasteiger partial charge >= 0.3 is 0 Å². The maximum Gasteiger partial charge on any atom is 0.238 e. The minimum Gasteiger partial charge on any atom is -0.264 e. The molecule has 1 aromatic rings. The van der Waals surface area contributed by atoms with Crippen LogP contribution in [-0.4, -0.2) is 4.92 Å². The van der Waals surface area contributed by atoms with Crippen molar-refractivity contribution in [2.75, 3.05) is 0 Å². The summed E-state index contributed by atoms with van der Waals surface area (Å²) in [4.78, 5) is 10.6. The molecule has 76 valence electrons. The van der Waals surface area contributed by atoms with Crippen LogP contribution in [0.4, 0.5) is 0 Å². The quantitative estimate of drug-likeness (QED) is 0.532. The van der Waals surface area contributed by atoms with Gasteiger partial charge in [-0.15, -0.1) is 0 Å². The van der Waals surface area contributed by atoms with Crippen molar-refractivity contribution in [3.8, 4) is 0 Å². The van der Waals surface area contributed by atoms with E-state index in [0.717, 1.165) is 18.4 Å². The van der Waals surface area contributed by atoms with Crippen molar-refractivity contribution in [1.82, 2.24) is 0 Å². The fraction of sp³-hybridized carbons (Fsp3) is 0.455. The maximum absolute atomic E-state index is 10.8. The van der Waals surface area contributed by atoms with Gasteiger partial charge in [-0.1, -0.05) is 43.7 Å². The summed E-state index contributed by atoms with van der Waals surface area (Å²) in [5, 5.41) is 10.8. The molecule has 14 heavy (non-hydrogen) atoms. The maximum atomic E-state index is 10.8. The molecule has 0 saturated heterocycles. The van der Waals surface area contributed by atoms with Gasteiger partial charge < -0.3 is 0 Å². The molecule has 0 heterocycles. The van der Waals surface area contributed by atoms with E-state index >= 15 is 0 Å². The van der Waals surface area contributed by atoms with Gasteiger partial charge in [0.15, 0.2) is 0 Å². The molecule has 0 amide bonds. The molecule has 0 aliphatic rings. The van der Waals surface area contributed by atoms with Crippen LogP contribution < -0.4 is 0 Å². The number of nitro groups is 1. The first-order chi connectivity index (χ1) is 6.75. The van der Waals surface area contributed by atoms with E-state index in [0.29, 0.717) is 6.42 Å². The number of benzene rings is 1. The van der Waals surface area contributed by atoms with Gasteiger partial charge in [0.05, 0.1) is 0 Å². The highest BCUT2D eigenvalue weighted by Gasteiger charge is 2.20. The minimum atomic E-state index is -0.531. The highest BCUT2D eigenvalue weighted by atomic mass is 16.6. The Bertz CT molecular complexity index is 285. The van der Waals surface area contributed by atoms with E-state index in [1.54, 1.807) is 0 Å². The summed E-state index contributed by atoms with van der Waals surface area (Å²) in [6.07, 6.45) is 2.53. The molecule has 1 aromatic carbocycles. The highest BCUT2D eigenvalue weighted by molar-refractivity contribution is 5.17. The Morgan fingerprint density at radius 2 is 2.00 bits per heavy atom. The number of hydrogen-bond acceptors (Lipinski definition) is 2. The topological polar surface area (TPSA) is 43.1 Å². The number of rotatable bonds is 5. The molecule has 0 N–H and O–H groups in total. The van der Waals surface area contributed by atoms with Crippen molar-refractivity contribution in [1.29, 1.82) is 0 Å². The van der Waals surface area contributed by atoms with Crippen LogP contribution in [0, 0.1) is 10.1 Å². The average molecular weight is 193 g/mol. The lowest BCUT2D eigenvalue weighted by Gasteiger charge is -2.08. The summed E-state index contributed by atoms with van der Waals surface area (Å²) < 4.78 is 0. The first kappa shape index (κ1) is 10.7. The van der Waals surface area contributed by atoms with Crippen molar-refractivity contribution < 1.29 is 4.92 Å². The first-order valence-electron chi connectivity index (χ1n) is 4.94. The van der Waals surface area contributed by atoms with Crippen LogP contribution in [0.15, 0.2) is 30.3 Å². The zero-order chi connectivity index (χ0) is 10.4. The largest absolute Gasteiger partial charge is 0.264 e. The smallest absolute Gasteiger partial charge is 0.238 e. The average Bonchev–Trinajstić information content (AvgIpc) is 2.19. The molecule has 1 atom stereocenters. The van der Waals surface area contributed by atoms with E-state index < -0.39 is 6.04 Å². The van der Waals surface area contributed by atoms with E-state index in [-0.39, 0.29) is 4.92 Å². The van der Waals surface area contributed by atoms with Crippen molar-refractivity contribution in [3.63, 3.8) is 0 Å². The Kier molecular flexibility index (Phi) is 4.11. The van der Waals surface area contributed by atoms with Crippen molar-refractivity contribution in [2.45, 2.75) is 32.2 Å². The molecule has 0 bridgehead atoms. The van der Waals surface area contributed by atoms with Gasteiger partial charge in [0.1, 0.15) is 0 Å². The van der Waals surface area contributed by atoms with Gasteiger partial charge in [-0.3, -0.25) is 10.1 Å². The second-order valence-corrected chi connectivity index (χ2v) is 3.35. The van der Waals surface area contributed by atoms with Crippen LogP contribution in [0.5, 0.6) is 0 Å². The van der Waals surface area contributed by atoms with Gasteiger partial charge in [0.25, 0.3) is 0 Å². The molecule has 0 aliphatic heterocycles. The van der Waals surface area contributed by atoms with Gasteiger partial charge in [0.2, 0.25) is 6.04 Å². The van der Waals surface area contributed by atoms with Crippen LogP contribution >= 0.6 is 0 Å². The summed E-state index contributed by atoms with van der Waals surface area (Å²) in [7, 11) is 0. The molecule has 0 fully saturated rings. The summed E-state index contributed by atoms with van der Waals surface area (Å²) in [6, 6.07) is 8.68. The van der Waals surface area contributed by atoms with Gasteiger partial charge in [-0.2, -0.15) is 0 Å². The third-order valence-corrected chi connectivity index (χ3v) is 2.27. The SMILES string of the molecule is CCCCC(c1ccccc1)[N+](=O)[O-]. The van der Waals surface area contributed by atoms with Crippen LogP contribution in [0.3, 0.4) is 0 Å². The third-order valence-electron chi connectivity index (χ3n) is 2.27. The second-order valence-electron chi connectivity index (χ2n) is 3.35. The molecule has 0 saturated carbocycles. The van der Waals surface area contributed by atoms with E-state index in [4.69, 9.17) is 0 Å². The van der Waals surface area contributed by atoms with E-state index in [9.17, 15) is 10.1 Å². The van der Waals surface area contributed by atoms with E-state index in [1.807, 2.05) is 37.3 Å². The fourth-order valence-corrected chi connectivity index (χ4v) is 1.47. The number of nitrogens with zero attached hydrogens (tertiary/aromatic N) is 1. The van der Waals surface area contributed by atoms with Gasteiger partial charge in [-0.25, -0.2) is 0 Å². The molecule has 0 aliphatic carbocycles. The minimum absolute atomic E-state index is 0.189. The predicted molar refractivity (Wildman–Crippen MR) is 55.7 cm³/mol. The van der Waals surface area contributed by atoms with Gasteiger partial charge in [-0.05, 0) is 6.42 Å². The summed E-state index contributed by atoms with van der Waals surface area (Å²) in [6.45, 7) is 2.04. The van der Waals surface area contributed by atoms with Gasteiger partial charge in [0, 0.05) is 16.9 Å². The Morgan fingerprint density at radius 1 is 1.36 bits per heavy atom. The van der Waals surface area contributed by atoms with Crippen LogP contribution in [0.25, 0.3) is 0 Å². The molecule has 1 unspecified atom stereocenters. The molecule has 0 spiro atoms. The molecular weight excluding hydrogens is 178 g/mol. The summed E-state index contributed by atoms with van der Waals surface area (Å²) >= 11 is 0. The molecule has 3 heteroatoms. The molecule has 0 aromatic heterocycles. The Balaban J connectivity index is 2.73. The van der Waals surface area contributed by atoms with Crippen molar-refractivity contribution in [3.05, 3.63) is 46.0 Å². The Morgan fingerprint density at radius 3 is 2.50 bits per heavy atom. The highest BCUT2D eigenvalue weighted by Crippen LogP contribution is 2.21. The summed E-state index contributed by atoms with van der Waals surface area (Å²) in [5.41, 5.74) is 0.811. The van der Waals surface area contributed by atoms with E-state index in [2.05, 4.69) is 0 Å². The van der Waals surface area contributed by atoms with E-state index in [1.165, 1.54) is 0 Å². The lowest BCUT2D eigenvalue weighted by molar-refractivity contribution is -0.530. The van der Waals surface area contributed by atoms with Crippen LogP contribution in [-0.2, 0) is 0 Å². The third kappa shape index (κ3) is 2.83. The first-order valence-corrected chi connectivity index (χ1v) is 4.94. The lowest BCUT2D eigenvalue weighted by atomic mass is 10.0. The zero-order valence-electron chi connectivity index (χ0n) is 8.35. The molecular formula is C11H15NO2. The standard InChI is InChI=1S/C11H15NO2/c1-2-3-9-11(12(13)14)10-7-5-4-6-8-10/h4-8,11H,2-3,9H2,1H3. The Hall–Kier alpha value is -1.38. The molecule has 0 radical (unpaired) electrons. The zero-order valence-corrected chi connectivity index (χ0v) is 8.35. The predicted octanol–water partition coefficient (Wildman–Crippen LogP) is 3.19. The molecule has 3 nitrogen and oxygen atoms in total. The molecule has 1 rings (SSSR count). The number of unbranched alkanes of at least 4 members (excludes halogenated alkanes) is 1. The van der Waals surface area contributed by atoms with Crippen LogP contribution in [0.1, 0.15) is 37.8 Å². The second kappa shape index (κ2) is 5.37. The lowest BCUT2D eigenvalue weighted by Crippen LogP contribution is -2.10. The number of hydrogen-bond donors (Lipinski definition) is 0. The fourth-order valence-electron chi connectivity index (χ4n) is 1.47. The monoisotopic (exact) mass is 193 g/mol. The Labute approximate surface area is 83.9 Å². The normalized spacial score (nSPS) is 12.4. The van der Waals surface area contributed by atoms with Crippen molar-refractivity contribution >= 4 is 0 Å². The van der Waals surface area contributed by atoms with Crippen molar-refractivity contribution in [2.24, 2.45) is 0 Å².